The molecule has 0 aromatic carbocycles. The van der Waals surface area contributed by atoms with E-state index in [4.69, 9.17) is 5.11 Å². The Labute approximate surface area is 105 Å². The first-order valence-corrected chi connectivity index (χ1v) is 6.98. The number of hydrogen-bond donors (Lipinski definition) is 1. The van der Waals surface area contributed by atoms with E-state index in [2.05, 4.69) is 22.2 Å². The number of carbonyl (C=O) groups is 1. The minimum Gasteiger partial charge on any atom is -0.481 e. The van der Waals surface area contributed by atoms with Crippen molar-refractivity contribution in [1.29, 1.82) is 0 Å². The summed E-state index contributed by atoms with van der Waals surface area (Å²) in [6.07, 6.45) is 3.33. The Kier molecular flexibility index (Phi) is 3.99. The van der Waals surface area contributed by atoms with Crippen LogP contribution in [0.1, 0.15) is 31.9 Å². The van der Waals surface area contributed by atoms with E-state index in [0.717, 1.165) is 43.2 Å². The molecule has 1 aromatic rings. The smallest absolute Gasteiger partial charge is 0.303 e. The van der Waals surface area contributed by atoms with Gasteiger partial charge in [0.2, 0.25) is 0 Å². The number of carboxylic acids is 1. The van der Waals surface area contributed by atoms with E-state index in [-0.39, 0.29) is 12.3 Å². The topological polar surface area (TPSA) is 53.4 Å². The third-order valence-electron chi connectivity index (χ3n) is 3.15. The summed E-state index contributed by atoms with van der Waals surface area (Å²) in [7, 11) is 0. The molecule has 17 heavy (non-hydrogen) atoms. The zero-order valence-corrected chi connectivity index (χ0v) is 10.9. The zero-order valence-electron chi connectivity index (χ0n) is 10.1. The molecule has 1 atom stereocenters. The van der Waals surface area contributed by atoms with Gasteiger partial charge in [-0.1, -0.05) is 6.92 Å². The van der Waals surface area contributed by atoms with Gasteiger partial charge in [0, 0.05) is 24.9 Å². The van der Waals surface area contributed by atoms with E-state index >= 15 is 0 Å². The summed E-state index contributed by atoms with van der Waals surface area (Å²) in [5.74, 6) is -0.416. The van der Waals surface area contributed by atoms with Crippen LogP contribution in [0, 0.1) is 5.92 Å². The Hall–Kier alpha value is -1.10. The van der Waals surface area contributed by atoms with Gasteiger partial charge in [0.25, 0.3) is 0 Å². The lowest BCUT2D eigenvalue weighted by molar-refractivity contribution is -0.138. The van der Waals surface area contributed by atoms with Crippen molar-refractivity contribution in [3.05, 3.63) is 11.1 Å². The molecule has 1 aromatic heterocycles. The van der Waals surface area contributed by atoms with E-state index in [1.807, 2.05) is 0 Å². The first kappa shape index (κ1) is 12.4. The second-order valence-electron chi connectivity index (χ2n) is 4.53. The van der Waals surface area contributed by atoms with Gasteiger partial charge in [0.1, 0.15) is 0 Å². The van der Waals surface area contributed by atoms with Crippen molar-refractivity contribution in [2.75, 3.05) is 18.0 Å². The highest BCUT2D eigenvalue weighted by Gasteiger charge is 2.23. The van der Waals surface area contributed by atoms with Crippen LogP contribution in [0.3, 0.4) is 0 Å². The largest absolute Gasteiger partial charge is 0.481 e. The number of anilines is 1. The van der Waals surface area contributed by atoms with Crippen molar-refractivity contribution in [2.45, 2.75) is 32.6 Å². The quantitative estimate of drug-likeness (QED) is 0.896. The highest BCUT2D eigenvalue weighted by Crippen LogP contribution is 2.27. The maximum atomic E-state index is 10.7. The molecule has 1 fully saturated rings. The SMILES string of the molecule is CCc1csc(N2CCCC(CC(=O)O)C2)n1. The number of aromatic nitrogens is 1. The molecule has 1 aliphatic heterocycles. The summed E-state index contributed by atoms with van der Waals surface area (Å²) >= 11 is 1.67. The third-order valence-corrected chi connectivity index (χ3v) is 4.10. The second-order valence-corrected chi connectivity index (χ2v) is 5.36. The first-order chi connectivity index (χ1) is 8.19. The van der Waals surface area contributed by atoms with Crippen molar-refractivity contribution in [3.63, 3.8) is 0 Å². The lowest BCUT2D eigenvalue weighted by Gasteiger charge is -2.31. The van der Waals surface area contributed by atoms with Crippen LogP contribution in [0.4, 0.5) is 5.13 Å². The molecule has 0 bridgehead atoms. The fourth-order valence-corrected chi connectivity index (χ4v) is 3.20. The Balaban J connectivity index is 1.99. The number of aliphatic carboxylic acids is 1. The molecule has 0 spiro atoms. The number of carboxylic acid groups (broad SMARTS) is 1. The number of piperidine rings is 1. The summed E-state index contributed by atoms with van der Waals surface area (Å²) in [5.41, 5.74) is 1.13. The van der Waals surface area contributed by atoms with Gasteiger partial charge in [0.05, 0.1) is 5.69 Å². The Morgan fingerprint density at radius 1 is 1.71 bits per heavy atom. The minimum atomic E-state index is -0.690. The van der Waals surface area contributed by atoms with Crippen LogP contribution in [0.5, 0.6) is 0 Å². The summed E-state index contributed by atoms with van der Waals surface area (Å²) < 4.78 is 0. The van der Waals surface area contributed by atoms with Gasteiger partial charge in [0.15, 0.2) is 5.13 Å². The van der Waals surface area contributed by atoms with Gasteiger partial charge >= 0.3 is 5.97 Å². The summed E-state index contributed by atoms with van der Waals surface area (Å²) in [4.78, 5) is 17.5. The van der Waals surface area contributed by atoms with Crippen LogP contribution in [0.2, 0.25) is 0 Å². The van der Waals surface area contributed by atoms with Crippen molar-refractivity contribution < 1.29 is 9.90 Å². The highest BCUT2D eigenvalue weighted by molar-refractivity contribution is 7.13. The molecule has 1 saturated heterocycles. The molecule has 0 saturated carbocycles. The molecule has 4 nitrogen and oxygen atoms in total. The van der Waals surface area contributed by atoms with Crippen molar-refractivity contribution in [2.24, 2.45) is 5.92 Å². The zero-order chi connectivity index (χ0) is 12.3. The summed E-state index contributed by atoms with van der Waals surface area (Å²) in [6, 6.07) is 0. The predicted octanol–water partition coefficient (Wildman–Crippen LogP) is 2.40. The monoisotopic (exact) mass is 254 g/mol. The molecule has 2 rings (SSSR count). The molecule has 1 N–H and O–H groups in total. The van der Waals surface area contributed by atoms with Crippen LogP contribution in [-0.2, 0) is 11.2 Å². The van der Waals surface area contributed by atoms with Crippen LogP contribution >= 0.6 is 11.3 Å². The second kappa shape index (κ2) is 5.49. The molecule has 0 radical (unpaired) electrons. The van der Waals surface area contributed by atoms with Crippen molar-refractivity contribution in [3.8, 4) is 0 Å². The van der Waals surface area contributed by atoms with E-state index in [1.165, 1.54) is 0 Å². The summed E-state index contributed by atoms with van der Waals surface area (Å²) in [5, 5.41) is 12.0. The molecule has 0 amide bonds. The van der Waals surface area contributed by atoms with Crippen LogP contribution < -0.4 is 4.90 Å². The molecule has 0 aliphatic carbocycles. The Bertz CT molecular complexity index is 392. The standard InChI is InChI=1S/C12H18N2O2S/c1-2-10-8-17-12(13-10)14-5-3-4-9(7-14)6-11(15)16/h8-9H,2-7H2,1H3,(H,15,16). The van der Waals surface area contributed by atoms with Crippen LogP contribution in [0.15, 0.2) is 5.38 Å². The fourth-order valence-electron chi connectivity index (χ4n) is 2.26. The maximum Gasteiger partial charge on any atom is 0.303 e. The number of thiazole rings is 1. The normalized spacial score (nSPS) is 20.5. The number of aryl methyl sites for hydroxylation is 1. The van der Waals surface area contributed by atoms with Gasteiger partial charge in [-0.25, -0.2) is 4.98 Å². The van der Waals surface area contributed by atoms with Gasteiger partial charge in [-0.15, -0.1) is 11.3 Å². The summed E-state index contributed by atoms with van der Waals surface area (Å²) in [6.45, 7) is 3.94. The maximum absolute atomic E-state index is 10.7. The predicted molar refractivity (Wildman–Crippen MR) is 68.7 cm³/mol. The Morgan fingerprint density at radius 2 is 2.53 bits per heavy atom. The number of hydrogen-bond acceptors (Lipinski definition) is 4. The van der Waals surface area contributed by atoms with Gasteiger partial charge < -0.3 is 10.0 Å². The Morgan fingerprint density at radius 3 is 3.18 bits per heavy atom. The van der Waals surface area contributed by atoms with E-state index in [9.17, 15) is 4.79 Å². The van der Waals surface area contributed by atoms with E-state index in [1.54, 1.807) is 11.3 Å². The molecular formula is C12H18N2O2S. The number of rotatable bonds is 4. The van der Waals surface area contributed by atoms with Gasteiger partial charge in [-0.3, -0.25) is 4.79 Å². The lowest BCUT2D eigenvalue weighted by Crippen LogP contribution is -2.36. The van der Waals surface area contributed by atoms with E-state index < -0.39 is 5.97 Å². The third kappa shape index (κ3) is 3.19. The lowest BCUT2D eigenvalue weighted by atomic mass is 9.95. The molecule has 1 aliphatic rings. The minimum absolute atomic E-state index is 0.273. The molecule has 5 heteroatoms. The average molecular weight is 254 g/mol. The van der Waals surface area contributed by atoms with Gasteiger partial charge in [-0.05, 0) is 25.2 Å². The first-order valence-electron chi connectivity index (χ1n) is 6.10. The van der Waals surface area contributed by atoms with E-state index in [0.29, 0.717) is 0 Å². The van der Waals surface area contributed by atoms with Gasteiger partial charge in [-0.2, -0.15) is 0 Å². The molecule has 1 unspecified atom stereocenters. The molecule has 2 heterocycles. The van der Waals surface area contributed by atoms with Crippen LogP contribution in [0.25, 0.3) is 0 Å². The molecule has 94 valence electrons. The van der Waals surface area contributed by atoms with Crippen molar-refractivity contribution >= 4 is 22.4 Å². The number of nitrogens with zero attached hydrogens (tertiary/aromatic N) is 2. The fraction of sp³-hybridized carbons (Fsp3) is 0.667. The van der Waals surface area contributed by atoms with Crippen LogP contribution in [-0.4, -0.2) is 29.1 Å². The van der Waals surface area contributed by atoms with Crippen molar-refractivity contribution in [1.82, 2.24) is 4.98 Å². The average Bonchev–Trinajstić information content (AvgIpc) is 2.77. The molecular weight excluding hydrogens is 236 g/mol. The highest BCUT2D eigenvalue weighted by atomic mass is 32.1.